The lowest BCUT2D eigenvalue weighted by atomic mass is 10.1. The Morgan fingerprint density at radius 1 is 1.17 bits per heavy atom. The molecular weight excluding hydrogens is 292 g/mol. The van der Waals surface area contributed by atoms with Crippen LogP contribution in [0.3, 0.4) is 0 Å². The highest BCUT2D eigenvalue weighted by Gasteiger charge is 2.40. The minimum absolute atomic E-state index is 0.0123. The molecule has 0 radical (unpaired) electrons. The molecule has 0 aromatic heterocycles. The van der Waals surface area contributed by atoms with Gasteiger partial charge in [-0.25, -0.2) is 4.79 Å². The van der Waals surface area contributed by atoms with Gasteiger partial charge in [-0.05, 0) is 51.7 Å². The lowest BCUT2D eigenvalue weighted by Gasteiger charge is -2.30. The molecule has 5 heteroatoms. The van der Waals surface area contributed by atoms with Gasteiger partial charge in [-0.3, -0.25) is 9.69 Å². The Hall–Kier alpha value is -2.04. The maximum absolute atomic E-state index is 13.0. The summed E-state index contributed by atoms with van der Waals surface area (Å²) in [4.78, 5) is 28.8. The second kappa shape index (κ2) is 5.87. The van der Waals surface area contributed by atoms with Crippen LogP contribution in [0.4, 0.5) is 10.5 Å². The lowest BCUT2D eigenvalue weighted by Crippen LogP contribution is -2.48. The fraction of sp³-hybridized carbons (Fsp3) is 0.556. The maximum atomic E-state index is 13.0. The number of ether oxygens (including phenoxy) is 1. The molecule has 0 spiro atoms. The van der Waals surface area contributed by atoms with E-state index >= 15 is 0 Å². The number of amides is 2. The third kappa shape index (κ3) is 3.19. The van der Waals surface area contributed by atoms with Crippen LogP contribution in [0.5, 0.6) is 0 Å². The van der Waals surface area contributed by atoms with Crippen molar-refractivity contribution in [1.29, 1.82) is 0 Å². The Morgan fingerprint density at radius 2 is 1.91 bits per heavy atom. The predicted molar refractivity (Wildman–Crippen MR) is 88.5 cm³/mol. The Kier molecular flexibility index (Phi) is 4.04. The number of fused-ring (bicyclic) bond motifs is 1. The molecule has 1 atom stereocenters. The molecule has 0 unspecified atom stereocenters. The second-order valence-electron chi connectivity index (χ2n) is 7.20. The fourth-order valence-electron chi connectivity index (χ4n) is 3.31. The van der Waals surface area contributed by atoms with Gasteiger partial charge < -0.3 is 9.64 Å². The first-order valence-electron chi connectivity index (χ1n) is 8.26. The number of anilines is 1. The smallest absolute Gasteiger partial charge is 0.410 e. The molecule has 1 fully saturated rings. The quantitative estimate of drug-likeness (QED) is 0.800. The average molecular weight is 316 g/mol. The average Bonchev–Trinajstić information content (AvgIpc) is 3.12. The molecule has 0 N–H and O–H groups in total. The number of para-hydroxylation sites is 1. The van der Waals surface area contributed by atoms with E-state index in [1.165, 1.54) is 5.56 Å². The largest absolute Gasteiger partial charge is 0.444 e. The molecule has 1 aromatic rings. The van der Waals surface area contributed by atoms with Crippen molar-refractivity contribution >= 4 is 17.7 Å². The van der Waals surface area contributed by atoms with Crippen LogP contribution >= 0.6 is 0 Å². The summed E-state index contributed by atoms with van der Waals surface area (Å²) >= 11 is 0. The molecule has 2 heterocycles. The number of carbonyl (C=O) groups excluding carboxylic acids is 2. The van der Waals surface area contributed by atoms with Crippen molar-refractivity contribution in [3.8, 4) is 0 Å². The van der Waals surface area contributed by atoms with E-state index in [4.69, 9.17) is 4.74 Å². The SMILES string of the molecule is CC(C)(C)OC(=O)N1CCC[C@@H]1C(=O)N1CCc2ccccc21. The van der Waals surface area contributed by atoms with Crippen LogP contribution in [-0.4, -0.2) is 41.6 Å². The molecule has 2 aliphatic rings. The van der Waals surface area contributed by atoms with Gasteiger partial charge >= 0.3 is 6.09 Å². The van der Waals surface area contributed by atoms with Crippen LogP contribution in [0.2, 0.25) is 0 Å². The van der Waals surface area contributed by atoms with E-state index in [1.54, 1.807) is 4.90 Å². The zero-order chi connectivity index (χ0) is 16.6. The van der Waals surface area contributed by atoms with Crippen molar-refractivity contribution in [3.63, 3.8) is 0 Å². The van der Waals surface area contributed by atoms with Crippen LogP contribution < -0.4 is 4.90 Å². The molecule has 0 bridgehead atoms. The molecular formula is C18H24N2O3. The van der Waals surface area contributed by atoms with Crippen LogP contribution in [-0.2, 0) is 16.0 Å². The molecule has 2 aliphatic heterocycles. The van der Waals surface area contributed by atoms with Crippen LogP contribution in [0, 0.1) is 0 Å². The number of rotatable bonds is 1. The third-order valence-electron chi connectivity index (χ3n) is 4.32. The molecule has 0 aliphatic carbocycles. The normalized spacial score (nSPS) is 20.6. The zero-order valence-corrected chi connectivity index (χ0v) is 14.0. The summed E-state index contributed by atoms with van der Waals surface area (Å²) in [5, 5.41) is 0. The van der Waals surface area contributed by atoms with Crippen LogP contribution in [0.1, 0.15) is 39.2 Å². The molecule has 23 heavy (non-hydrogen) atoms. The molecule has 2 amide bonds. The van der Waals surface area contributed by atoms with Gasteiger partial charge in [-0.2, -0.15) is 0 Å². The van der Waals surface area contributed by atoms with Gasteiger partial charge in [0.1, 0.15) is 11.6 Å². The number of likely N-dealkylation sites (tertiary alicyclic amines) is 1. The highest BCUT2D eigenvalue weighted by atomic mass is 16.6. The van der Waals surface area contributed by atoms with E-state index in [0.717, 1.165) is 18.5 Å². The van der Waals surface area contributed by atoms with E-state index in [-0.39, 0.29) is 12.0 Å². The number of carbonyl (C=O) groups is 2. The molecule has 3 rings (SSSR count). The molecule has 1 saturated heterocycles. The van der Waals surface area contributed by atoms with Gasteiger partial charge in [0.15, 0.2) is 0 Å². The first-order chi connectivity index (χ1) is 10.9. The van der Waals surface area contributed by atoms with Gasteiger partial charge in [0.2, 0.25) is 5.91 Å². The van der Waals surface area contributed by atoms with Crippen LogP contribution in [0.15, 0.2) is 24.3 Å². The predicted octanol–water partition coefficient (Wildman–Crippen LogP) is 2.98. The van der Waals surface area contributed by atoms with E-state index in [1.807, 2.05) is 43.9 Å². The van der Waals surface area contributed by atoms with Gasteiger partial charge in [0.05, 0.1) is 0 Å². The Morgan fingerprint density at radius 3 is 2.65 bits per heavy atom. The number of benzene rings is 1. The van der Waals surface area contributed by atoms with Crippen molar-refractivity contribution in [2.24, 2.45) is 0 Å². The van der Waals surface area contributed by atoms with Crippen molar-refractivity contribution in [2.45, 2.75) is 51.7 Å². The minimum Gasteiger partial charge on any atom is -0.444 e. The lowest BCUT2D eigenvalue weighted by molar-refractivity contribution is -0.122. The summed E-state index contributed by atoms with van der Waals surface area (Å²) in [7, 11) is 0. The maximum Gasteiger partial charge on any atom is 0.410 e. The highest BCUT2D eigenvalue weighted by molar-refractivity contribution is 6.00. The summed E-state index contributed by atoms with van der Waals surface area (Å²) in [6.07, 6.45) is 2.03. The summed E-state index contributed by atoms with van der Waals surface area (Å²) < 4.78 is 5.45. The number of nitrogens with zero attached hydrogens (tertiary/aromatic N) is 2. The first-order valence-corrected chi connectivity index (χ1v) is 8.26. The van der Waals surface area contributed by atoms with E-state index in [9.17, 15) is 9.59 Å². The highest BCUT2D eigenvalue weighted by Crippen LogP contribution is 2.31. The summed E-state index contributed by atoms with van der Waals surface area (Å²) in [5.41, 5.74) is 1.63. The summed E-state index contributed by atoms with van der Waals surface area (Å²) in [6.45, 7) is 6.80. The number of hydrogen-bond acceptors (Lipinski definition) is 3. The standard InChI is InChI=1S/C18H24N2O3/c1-18(2,3)23-17(22)20-11-6-9-15(20)16(21)19-12-10-13-7-4-5-8-14(13)19/h4-5,7-8,15H,6,9-12H2,1-3H3/t15-/m1/s1. The monoisotopic (exact) mass is 316 g/mol. The molecule has 124 valence electrons. The molecule has 5 nitrogen and oxygen atoms in total. The van der Waals surface area contributed by atoms with E-state index in [0.29, 0.717) is 19.5 Å². The van der Waals surface area contributed by atoms with Crippen LogP contribution in [0.25, 0.3) is 0 Å². The Labute approximate surface area is 137 Å². The fourth-order valence-corrected chi connectivity index (χ4v) is 3.31. The molecule has 1 aromatic carbocycles. The topological polar surface area (TPSA) is 49.9 Å². The third-order valence-corrected chi connectivity index (χ3v) is 4.32. The van der Waals surface area contributed by atoms with Gasteiger partial charge in [-0.1, -0.05) is 18.2 Å². The first kappa shape index (κ1) is 15.8. The molecule has 0 saturated carbocycles. The van der Waals surface area contributed by atoms with E-state index in [2.05, 4.69) is 6.07 Å². The van der Waals surface area contributed by atoms with Crippen molar-refractivity contribution in [2.75, 3.05) is 18.0 Å². The minimum atomic E-state index is -0.548. The van der Waals surface area contributed by atoms with Crippen molar-refractivity contribution in [1.82, 2.24) is 4.90 Å². The summed E-state index contributed by atoms with van der Waals surface area (Å²) in [6, 6.07) is 7.58. The van der Waals surface area contributed by atoms with Crippen molar-refractivity contribution < 1.29 is 14.3 Å². The number of hydrogen-bond donors (Lipinski definition) is 0. The van der Waals surface area contributed by atoms with Gasteiger partial charge in [-0.15, -0.1) is 0 Å². The van der Waals surface area contributed by atoms with E-state index < -0.39 is 11.6 Å². The van der Waals surface area contributed by atoms with Gasteiger partial charge in [0.25, 0.3) is 0 Å². The summed E-state index contributed by atoms with van der Waals surface area (Å²) in [5.74, 6) is 0.0123. The second-order valence-corrected chi connectivity index (χ2v) is 7.20. The Bertz CT molecular complexity index is 621. The zero-order valence-electron chi connectivity index (χ0n) is 14.0. The van der Waals surface area contributed by atoms with Crippen molar-refractivity contribution in [3.05, 3.63) is 29.8 Å². The van der Waals surface area contributed by atoms with Gasteiger partial charge in [0, 0.05) is 18.8 Å². The Balaban J connectivity index is 1.76.